The number of ether oxygens (including phenoxy) is 3. The summed E-state index contributed by atoms with van der Waals surface area (Å²) in [6, 6.07) is 3.00. The Morgan fingerprint density at radius 1 is 1.09 bits per heavy atom. The number of carbonyl (C=O) groups is 2. The summed E-state index contributed by atoms with van der Waals surface area (Å²) in [5.41, 5.74) is 0.373. The molecule has 0 aromatic heterocycles. The maximum absolute atomic E-state index is 12.4. The maximum Gasteiger partial charge on any atom is 0.306 e. The SMILES string of the molecule is COc1cc(C(=O)N[C@@H]2CC[C@H](C(=O)O)C2)cc(OC)c1OC. The number of benzene rings is 1. The molecule has 2 atom stereocenters. The molecule has 0 spiro atoms. The molecule has 1 fully saturated rings. The van der Waals surface area contributed by atoms with Gasteiger partial charge in [0.2, 0.25) is 5.75 Å². The summed E-state index contributed by atoms with van der Waals surface area (Å²) < 4.78 is 15.7. The second kappa shape index (κ2) is 7.21. The molecule has 1 amide bonds. The minimum absolute atomic E-state index is 0.136. The first-order chi connectivity index (χ1) is 11.0. The normalized spacial score (nSPS) is 20.0. The van der Waals surface area contributed by atoms with E-state index in [0.29, 0.717) is 42.1 Å². The van der Waals surface area contributed by atoms with E-state index in [4.69, 9.17) is 19.3 Å². The average molecular weight is 323 g/mol. The molecule has 0 heterocycles. The lowest BCUT2D eigenvalue weighted by Crippen LogP contribution is -2.33. The molecule has 0 aliphatic heterocycles. The van der Waals surface area contributed by atoms with Crippen LogP contribution in [0.15, 0.2) is 12.1 Å². The molecule has 1 aromatic rings. The molecule has 1 aliphatic carbocycles. The lowest BCUT2D eigenvalue weighted by molar-refractivity contribution is -0.141. The molecule has 7 nitrogen and oxygen atoms in total. The van der Waals surface area contributed by atoms with Crippen LogP contribution in [0.1, 0.15) is 29.6 Å². The molecule has 0 saturated heterocycles. The van der Waals surface area contributed by atoms with Crippen molar-refractivity contribution in [1.29, 1.82) is 0 Å². The van der Waals surface area contributed by atoms with Gasteiger partial charge in [0.25, 0.3) is 5.91 Å². The number of methoxy groups -OCH3 is 3. The van der Waals surface area contributed by atoms with Crippen LogP contribution in [0.2, 0.25) is 0 Å². The fraction of sp³-hybridized carbons (Fsp3) is 0.500. The Kier molecular flexibility index (Phi) is 5.31. The fourth-order valence-corrected chi connectivity index (χ4v) is 2.82. The molecule has 1 aliphatic rings. The standard InChI is InChI=1S/C16H21NO6/c1-21-12-7-10(8-13(22-2)14(12)23-3)15(18)17-11-5-4-9(6-11)16(19)20/h7-9,11H,4-6H2,1-3H3,(H,17,18)(H,19,20)/t9-,11+/m0/s1. The summed E-state index contributed by atoms with van der Waals surface area (Å²) in [6.45, 7) is 0. The van der Waals surface area contributed by atoms with Gasteiger partial charge >= 0.3 is 5.97 Å². The van der Waals surface area contributed by atoms with Gasteiger partial charge in [0.1, 0.15) is 0 Å². The second-order valence-electron chi connectivity index (χ2n) is 5.43. The Morgan fingerprint density at radius 3 is 2.13 bits per heavy atom. The number of carboxylic acids is 1. The monoisotopic (exact) mass is 323 g/mol. The van der Waals surface area contributed by atoms with E-state index in [9.17, 15) is 9.59 Å². The Morgan fingerprint density at radius 2 is 1.70 bits per heavy atom. The molecule has 0 radical (unpaired) electrons. The van der Waals surface area contributed by atoms with Gasteiger partial charge in [-0.1, -0.05) is 0 Å². The molecule has 126 valence electrons. The Hall–Kier alpha value is -2.44. The van der Waals surface area contributed by atoms with Gasteiger partial charge in [-0.05, 0) is 31.4 Å². The third-order valence-electron chi connectivity index (χ3n) is 4.04. The van der Waals surface area contributed by atoms with Crippen molar-refractivity contribution >= 4 is 11.9 Å². The number of carbonyl (C=O) groups excluding carboxylic acids is 1. The zero-order valence-corrected chi connectivity index (χ0v) is 13.4. The summed E-state index contributed by atoms with van der Waals surface area (Å²) in [7, 11) is 4.45. The van der Waals surface area contributed by atoms with Crippen molar-refractivity contribution in [2.24, 2.45) is 5.92 Å². The van der Waals surface area contributed by atoms with Crippen molar-refractivity contribution in [3.8, 4) is 17.2 Å². The van der Waals surface area contributed by atoms with E-state index in [1.54, 1.807) is 12.1 Å². The highest BCUT2D eigenvalue weighted by molar-refractivity contribution is 5.96. The van der Waals surface area contributed by atoms with E-state index >= 15 is 0 Å². The third kappa shape index (κ3) is 3.67. The first-order valence-electron chi connectivity index (χ1n) is 7.33. The minimum Gasteiger partial charge on any atom is -0.493 e. The van der Waals surface area contributed by atoms with Crippen LogP contribution in [0.4, 0.5) is 0 Å². The van der Waals surface area contributed by atoms with Crippen molar-refractivity contribution in [1.82, 2.24) is 5.32 Å². The highest BCUT2D eigenvalue weighted by atomic mass is 16.5. The van der Waals surface area contributed by atoms with Gasteiger partial charge in [-0.25, -0.2) is 0 Å². The topological polar surface area (TPSA) is 94.1 Å². The van der Waals surface area contributed by atoms with Crippen molar-refractivity contribution < 1.29 is 28.9 Å². The van der Waals surface area contributed by atoms with Crippen molar-refractivity contribution in [3.63, 3.8) is 0 Å². The predicted octanol–water partition coefficient (Wildman–Crippen LogP) is 1.70. The lowest BCUT2D eigenvalue weighted by atomic mass is 10.1. The summed E-state index contributed by atoms with van der Waals surface area (Å²) in [6.07, 6.45) is 1.69. The average Bonchev–Trinajstić information content (AvgIpc) is 3.01. The summed E-state index contributed by atoms with van der Waals surface area (Å²) in [5, 5.41) is 11.9. The number of aliphatic carboxylic acids is 1. The highest BCUT2D eigenvalue weighted by Crippen LogP contribution is 2.38. The lowest BCUT2D eigenvalue weighted by Gasteiger charge is -2.16. The van der Waals surface area contributed by atoms with E-state index in [-0.39, 0.29) is 17.9 Å². The third-order valence-corrected chi connectivity index (χ3v) is 4.04. The van der Waals surface area contributed by atoms with Crippen LogP contribution in [0.5, 0.6) is 17.2 Å². The van der Waals surface area contributed by atoms with Crippen molar-refractivity contribution in [2.75, 3.05) is 21.3 Å². The van der Waals surface area contributed by atoms with Crippen molar-refractivity contribution in [3.05, 3.63) is 17.7 Å². The number of hydrogen-bond donors (Lipinski definition) is 2. The maximum atomic E-state index is 12.4. The molecule has 0 bridgehead atoms. The van der Waals surface area contributed by atoms with Gasteiger partial charge in [-0.3, -0.25) is 9.59 Å². The Labute approximate surface area is 134 Å². The minimum atomic E-state index is -0.811. The van der Waals surface area contributed by atoms with E-state index in [2.05, 4.69) is 5.32 Å². The van der Waals surface area contributed by atoms with Gasteiger partial charge in [-0.2, -0.15) is 0 Å². The van der Waals surface area contributed by atoms with Crippen LogP contribution >= 0.6 is 0 Å². The van der Waals surface area contributed by atoms with Crippen LogP contribution in [0, 0.1) is 5.92 Å². The van der Waals surface area contributed by atoms with Crippen LogP contribution in [0.25, 0.3) is 0 Å². The van der Waals surface area contributed by atoms with E-state index in [0.717, 1.165) is 0 Å². The van der Waals surface area contributed by atoms with Crippen LogP contribution < -0.4 is 19.5 Å². The number of hydrogen-bond acceptors (Lipinski definition) is 5. The number of rotatable bonds is 6. The van der Waals surface area contributed by atoms with E-state index in [1.165, 1.54) is 21.3 Å². The zero-order valence-electron chi connectivity index (χ0n) is 13.4. The molecule has 23 heavy (non-hydrogen) atoms. The van der Waals surface area contributed by atoms with Gasteiger partial charge in [0.05, 0.1) is 27.2 Å². The van der Waals surface area contributed by atoms with Crippen LogP contribution in [-0.4, -0.2) is 44.4 Å². The Bertz CT molecular complexity index is 575. The van der Waals surface area contributed by atoms with Crippen LogP contribution in [0.3, 0.4) is 0 Å². The molecule has 1 saturated carbocycles. The summed E-state index contributed by atoms with van der Waals surface area (Å²) in [5.74, 6) is -0.285. The van der Waals surface area contributed by atoms with Gasteiger partial charge in [0.15, 0.2) is 11.5 Å². The molecule has 2 rings (SSSR count). The largest absolute Gasteiger partial charge is 0.493 e. The van der Waals surface area contributed by atoms with Gasteiger partial charge in [0, 0.05) is 11.6 Å². The molecule has 0 unspecified atom stereocenters. The molecular weight excluding hydrogens is 302 g/mol. The quantitative estimate of drug-likeness (QED) is 0.827. The molecule has 7 heteroatoms. The molecule has 1 aromatic carbocycles. The van der Waals surface area contributed by atoms with E-state index < -0.39 is 5.97 Å². The first-order valence-corrected chi connectivity index (χ1v) is 7.33. The molecular formula is C16H21NO6. The number of carboxylic acid groups (broad SMARTS) is 1. The first kappa shape index (κ1) is 16.9. The Balaban J connectivity index is 2.15. The van der Waals surface area contributed by atoms with Crippen molar-refractivity contribution in [2.45, 2.75) is 25.3 Å². The number of nitrogens with one attached hydrogen (secondary N) is 1. The smallest absolute Gasteiger partial charge is 0.306 e. The van der Waals surface area contributed by atoms with Gasteiger partial charge in [-0.15, -0.1) is 0 Å². The molecule has 2 N–H and O–H groups in total. The predicted molar refractivity (Wildman–Crippen MR) is 82.3 cm³/mol. The fourth-order valence-electron chi connectivity index (χ4n) is 2.82. The van der Waals surface area contributed by atoms with Gasteiger partial charge < -0.3 is 24.6 Å². The second-order valence-corrected chi connectivity index (χ2v) is 5.43. The summed E-state index contributed by atoms with van der Waals surface area (Å²) in [4.78, 5) is 23.4. The van der Waals surface area contributed by atoms with Crippen LogP contribution in [-0.2, 0) is 4.79 Å². The number of amides is 1. The highest BCUT2D eigenvalue weighted by Gasteiger charge is 2.31. The zero-order chi connectivity index (χ0) is 17.0. The summed E-state index contributed by atoms with van der Waals surface area (Å²) >= 11 is 0. The van der Waals surface area contributed by atoms with E-state index in [1.807, 2.05) is 0 Å².